The van der Waals surface area contributed by atoms with E-state index in [-0.39, 0.29) is 6.10 Å². The molecule has 158 valence electrons. The Kier molecular flexibility index (Phi) is 7.01. The van der Waals surface area contributed by atoms with Gasteiger partial charge in [-0.2, -0.15) is 0 Å². The Bertz CT molecular complexity index is 986. The zero-order valence-electron chi connectivity index (χ0n) is 17.8. The van der Waals surface area contributed by atoms with Crippen LogP contribution in [-0.2, 0) is 11.3 Å². The van der Waals surface area contributed by atoms with Crippen molar-refractivity contribution in [2.75, 3.05) is 0 Å². The molecule has 0 aromatic heterocycles. The van der Waals surface area contributed by atoms with Crippen molar-refractivity contribution in [3.05, 3.63) is 127 Å². The third kappa shape index (κ3) is 4.53. The van der Waals surface area contributed by atoms with Gasteiger partial charge in [0, 0.05) is 0 Å². The molecule has 1 nitrogen and oxygen atoms in total. The number of rotatable bonds is 8. The van der Waals surface area contributed by atoms with Gasteiger partial charge in [-0.05, 0) is 0 Å². The van der Waals surface area contributed by atoms with Crippen molar-refractivity contribution in [2.24, 2.45) is 0 Å². The average molecular weight is 582 g/mol. The van der Waals surface area contributed by atoms with Crippen LogP contribution in [0.3, 0.4) is 0 Å². The van der Waals surface area contributed by atoms with Crippen LogP contribution < -0.4 is 13.1 Å². The summed E-state index contributed by atoms with van der Waals surface area (Å²) in [5.74, 6) is 0. The van der Waals surface area contributed by atoms with Crippen molar-refractivity contribution in [2.45, 2.75) is 24.8 Å². The van der Waals surface area contributed by atoms with E-state index in [2.05, 4.69) is 142 Å². The molecule has 31 heavy (non-hydrogen) atoms. The maximum absolute atomic E-state index is 6.45. The molecular formula is C28H28AsIO. The molecule has 0 spiro atoms. The Morgan fingerprint density at radius 2 is 0.968 bits per heavy atom. The molecule has 1 unspecified atom stereocenters. The summed E-state index contributed by atoms with van der Waals surface area (Å²) in [6.45, 7) is 2.87. The predicted octanol–water partition coefficient (Wildman–Crippen LogP) is 5.65. The van der Waals surface area contributed by atoms with Crippen LogP contribution in [0.4, 0.5) is 0 Å². The second-order valence-electron chi connectivity index (χ2n) is 7.98. The third-order valence-electron chi connectivity index (χ3n) is 5.86. The van der Waals surface area contributed by atoms with E-state index in [1.807, 2.05) is 6.07 Å². The molecule has 4 rings (SSSR count). The maximum atomic E-state index is 6.45. The van der Waals surface area contributed by atoms with Crippen LogP contribution in [0.1, 0.15) is 12.5 Å². The first kappa shape index (κ1) is 22.3. The molecule has 1 atom stereocenters. The Hall–Kier alpha value is -1.87. The Labute approximate surface area is 197 Å². The Morgan fingerprint density at radius 3 is 1.35 bits per heavy atom. The van der Waals surface area contributed by atoms with Crippen molar-refractivity contribution in [1.82, 2.24) is 0 Å². The van der Waals surface area contributed by atoms with E-state index in [1.165, 1.54) is 18.6 Å². The van der Waals surface area contributed by atoms with Gasteiger partial charge in [0.15, 0.2) is 0 Å². The van der Waals surface area contributed by atoms with E-state index in [0.717, 1.165) is 5.21 Å². The van der Waals surface area contributed by atoms with Gasteiger partial charge in [0.05, 0.1) is 0 Å². The van der Waals surface area contributed by atoms with E-state index in [0.29, 0.717) is 6.61 Å². The Balaban J connectivity index is 1.82. The molecule has 0 aliphatic carbocycles. The van der Waals surface area contributed by atoms with E-state index in [9.17, 15) is 0 Å². The van der Waals surface area contributed by atoms with Crippen LogP contribution >= 0.6 is 20.1 Å². The van der Waals surface area contributed by atoms with Gasteiger partial charge in [0.1, 0.15) is 0 Å². The Morgan fingerprint density at radius 1 is 0.613 bits per heavy atom. The van der Waals surface area contributed by atoms with Gasteiger partial charge in [-0.1, -0.05) is 0 Å². The number of hydrogen-bond acceptors (Lipinski definition) is 1. The van der Waals surface area contributed by atoms with Gasteiger partial charge in [-0.25, -0.2) is 0 Å². The van der Waals surface area contributed by atoms with Gasteiger partial charge < -0.3 is 0 Å². The summed E-state index contributed by atoms with van der Waals surface area (Å²) in [4.78, 5) is 0. The quantitative estimate of drug-likeness (QED) is 0.193. The number of hydrogen-bond donors (Lipinski definition) is 0. The molecule has 0 aliphatic rings. The molecule has 0 radical (unpaired) electrons. The molecular weight excluding hydrogens is 554 g/mol. The van der Waals surface area contributed by atoms with Gasteiger partial charge in [-0.3, -0.25) is 0 Å². The van der Waals surface area contributed by atoms with Crippen LogP contribution in [-0.4, -0.2) is 15.2 Å². The molecule has 0 aliphatic heterocycles. The van der Waals surface area contributed by atoms with Gasteiger partial charge >= 0.3 is 199 Å². The summed E-state index contributed by atoms with van der Waals surface area (Å²) in [5, 5.41) is 0.990. The van der Waals surface area contributed by atoms with Crippen molar-refractivity contribution < 1.29 is 4.74 Å². The monoisotopic (exact) mass is 582 g/mol. The molecule has 0 N–H and O–H groups in total. The molecule has 0 bridgehead atoms. The van der Waals surface area contributed by atoms with Crippen LogP contribution in [0.15, 0.2) is 121 Å². The van der Waals surface area contributed by atoms with Crippen molar-refractivity contribution in [1.29, 1.82) is 0 Å². The summed E-state index contributed by atoms with van der Waals surface area (Å²) in [5.41, 5.74) is 1.22. The summed E-state index contributed by atoms with van der Waals surface area (Å²) in [6.07, 6.45) is 0.115. The standard InChI is InChI=1S/C28H28AsIO/c1-24(31-23-25-14-6-2-7-15-25)22-29(30,26-16-8-3-9-17-26,27-18-10-4-11-19-27)28-20-12-5-13-21-28/h2-21,24H,22-23H2,1H3. The first-order chi connectivity index (χ1) is 15.1. The van der Waals surface area contributed by atoms with Crippen molar-refractivity contribution >= 4 is 42.3 Å². The molecule has 4 aromatic rings. The normalized spacial score (nSPS) is 13.8. The second kappa shape index (κ2) is 9.73. The minimum atomic E-state index is -3.54. The average Bonchev–Trinajstić information content (AvgIpc) is 2.85. The molecule has 4 aromatic carbocycles. The number of ether oxygens (including phenoxy) is 1. The summed E-state index contributed by atoms with van der Waals surface area (Å²) >= 11 is 2.87. The fourth-order valence-electron chi connectivity index (χ4n) is 4.33. The molecule has 0 heterocycles. The van der Waals surface area contributed by atoms with E-state index in [1.54, 1.807) is 0 Å². The van der Waals surface area contributed by atoms with E-state index in [4.69, 9.17) is 4.74 Å². The molecule has 0 saturated carbocycles. The fraction of sp³-hybridized carbons (Fsp3) is 0.143. The molecule has 0 saturated heterocycles. The van der Waals surface area contributed by atoms with Crippen LogP contribution in [0.25, 0.3) is 0 Å². The van der Waals surface area contributed by atoms with Gasteiger partial charge in [0.25, 0.3) is 0 Å². The van der Waals surface area contributed by atoms with Gasteiger partial charge in [0.2, 0.25) is 0 Å². The molecule has 3 heteroatoms. The fourth-order valence-corrected chi connectivity index (χ4v) is 22.7. The second-order valence-corrected chi connectivity index (χ2v) is 28.0. The first-order valence-electron chi connectivity index (χ1n) is 10.7. The summed E-state index contributed by atoms with van der Waals surface area (Å²) in [7, 11) is -3.54. The zero-order valence-corrected chi connectivity index (χ0v) is 21.8. The number of halogens is 1. The SMILES string of the molecule is CC(C[As](I)(c1ccccc1)(c1ccccc1)c1ccccc1)OCc1ccccc1. The van der Waals surface area contributed by atoms with E-state index >= 15 is 0 Å². The minimum absolute atomic E-state index is 0.115. The number of benzene rings is 4. The topological polar surface area (TPSA) is 9.23 Å². The van der Waals surface area contributed by atoms with Crippen LogP contribution in [0, 0.1) is 0 Å². The molecule has 0 amide bonds. The van der Waals surface area contributed by atoms with Crippen molar-refractivity contribution in [3.63, 3.8) is 0 Å². The predicted molar refractivity (Wildman–Crippen MR) is 144 cm³/mol. The third-order valence-corrected chi connectivity index (χ3v) is 27.8. The van der Waals surface area contributed by atoms with Gasteiger partial charge in [-0.15, -0.1) is 0 Å². The summed E-state index contributed by atoms with van der Waals surface area (Å²) in [6, 6.07) is 43.8. The van der Waals surface area contributed by atoms with Crippen LogP contribution in [0.5, 0.6) is 0 Å². The molecule has 0 fully saturated rings. The first-order valence-corrected chi connectivity index (χ1v) is 20.5. The summed E-state index contributed by atoms with van der Waals surface area (Å²) < 4.78 is 10.8. The van der Waals surface area contributed by atoms with Crippen LogP contribution in [0.2, 0.25) is 5.21 Å². The zero-order chi connectivity index (χ0) is 21.6. The van der Waals surface area contributed by atoms with Crippen molar-refractivity contribution in [3.8, 4) is 0 Å². The van der Waals surface area contributed by atoms with E-state index < -0.39 is 9.10 Å².